The summed E-state index contributed by atoms with van der Waals surface area (Å²) in [6.45, 7) is 3.19. The average molecular weight is 317 g/mol. The first-order chi connectivity index (χ1) is 11.2. The largest absolute Gasteiger partial charge is 0.469 e. The molecule has 0 aromatic carbocycles. The number of carbonyl (C=O) groups is 1. The lowest BCUT2D eigenvalue weighted by molar-refractivity contribution is -0.130. The normalized spacial score (nSPS) is 26.7. The summed E-state index contributed by atoms with van der Waals surface area (Å²) in [7, 11) is 0. The molecule has 0 spiro atoms. The van der Waals surface area contributed by atoms with Crippen LogP contribution in [0.1, 0.15) is 24.0 Å². The summed E-state index contributed by atoms with van der Waals surface area (Å²) in [4.78, 5) is 14.2. The number of amides is 1. The third-order valence-corrected chi connectivity index (χ3v) is 4.54. The number of furan rings is 1. The van der Waals surface area contributed by atoms with E-state index in [2.05, 4.69) is 10.2 Å². The molecule has 0 saturated carbocycles. The molecule has 23 heavy (non-hydrogen) atoms. The summed E-state index contributed by atoms with van der Waals surface area (Å²) < 4.78 is 16.7. The Balaban J connectivity index is 1.30. The Morgan fingerprint density at radius 1 is 1.39 bits per heavy atom. The van der Waals surface area contributed by atoms with Crippen molar-refractivity contribution in [2.24, 2.45) is 5.92 Å². The topological polar surface area (TPSA) is 81.6 Å². The summed E-state index contributed by atoms with van der Waals surface area (Å²) in [5, 5.41) is 7.85. The first kappa shape index (κ1) is 14.4. The Labute approximate surface area is 133 Å². The average Bonchev–Trinajstić information content (AvgIpc) is 3.23. The minimum Gasteiger partial charge on any atom is -0.469 e. The van der Waals surface area contributed by atoms with Gasteiger partial charge in [0.1, 0.15) is 5.76 Å². The Hall–Kier alpha value is -2.15. The molecule has 2 aromatic rings. The second kappa shape index (κ2) is 5.81. The van der Waals surface area contributed by atoms with Crippen LogP contribution in [0, 0.1) is 12.8 Å². The van der Waals surface area contributed by atoms with Gasteiger partial charge in [-0.25, -0.2) is 0 Å². The summed E-state index contributed by atoms with van der Waals surface area (Å²) in [5.74, 6) is 2.40. The van der Waals surface area contributed by atoms with Gasteiger partial charge in [-0.1, -0.05) is 0 Å². The van der Waals surface area contributed by atoms with Gasteiger partial charge in [0.2, 0.25) is 17.7 Å². The maximum absolute atomic E-state index is 12.3. The lowest BCUT2D eigenvalue weighted by atomic mass is 10.0. The second-order valence-corrected chi connectivity index (χ2v) is 6.27. The molecule has 1 amide bonds. The molecule has 2 aromatic heterocycles. The highest BCUT2D eigenvalue weighted by atomic mass is 16.5. The predicted octanol–water partition coefficient (Wildman–Crippen LogP) is 1.37. The summed E-state index contributed by atoms with van der Waals surface area (Å²) >= 11 is 0. The number of ether oxygens (including phenoxy) is 1. The van der Waals surface area contributed by atoms with Gasteiger partial charge in [-0.15, -0.1) is 10.2 Å². The Morgan fingerprint density at radius 2 is 2.30 bits per heavy atom. The quantitative estimate of drug-likeness (QED) is 0.847. The summed E-state index contributed by atoms with van der Waals surface area (Å²) in [6.07, 6.45) is 3.70. The molecule has 0 bridgehead atoms. The molecule has 2 aliphatic rings. The predicted molar refractivity (Wildman–Crippen MR) is 78.5 cm³/mol. The number of likely N-dealkylation sites (tertiary alicyclic amines) is 1. The zero-order chi connectivity index (χ0) is 15.8. The molecular formula is C16H19N3O4. The van der Waals surface area contributed by atoms with E-state index in [4.69, 9.17) is 13.6 Å². The maximum Gasteiger partial charge on any atom is 0.230 e. The zero-order valence-corrected chi connectivity index (χ0v) is 13.0. The van der Waals surface area contributed by atoms with Gasteiger partial charge in [0, 0.05) is 25.9 Å². The number of aromatic nitrogens is 2. The Kier molecular flexibility index (Phi) is 3.65. The third kappa shape index (κ3) is 3.01. The Morgan fingerprint density at radius 3 is 3.00 bits per heavy atom. The highest BCUT2D eigenvalue weighted by Crippen LogP contribution is 2.34. The van der Waals surface area contributed by atoms with Crippen molar-refractivity contribution in [3.05, 3.63) is 35.9 Å². The number of hydrogen-bond acceptors (Lipinski definition) is 6. The molecule has 7 heteroatoms. The van der Waals surface area contributed by atoms with Crippen LogP contribution in [0.4, 0.5) is 0 Å². The number of rotatable bonds is 4. The molecule has 7 nitrogen and oxygen atoms in total. The maximum atomic E-state index is 12.3. The van der Waals surface area contributed by atoms with Crippen LogP contribution in [0.25, 0.3) is 0 Å². The molecule has 122 valence electrons. The third-order valence-electron chi connectivity index (χ3n) is 4.54. The fourth-order valence-electron chi connectivity index (χ4n) is 3.49. The molecule has 4 heterocycles. The molecule has 0 N–H and O–H groups in total. The van der Waals surface area contributed by atoms with E-state index in [1.807, 2.05) is 11.0 Å². The second-order valence-electron chi connectivity index (χ2n) is 6.27. The van der Waals surface area contributed by atoms with Gasteiger partial charge in [0.25, 0.3) is 0 Å². The number of aryl methyl sites for hydroxylation is 1. The van der Waals surface area contributed by atoms with Crippen LogP contribution in [-0.2, 0) is 22.4 Å². The molecule has 2 saturated heterocycles. The lowest BCUT2D eigenvalue weighted by Crippen LogP contribution is -2.32. The van der Waals surface area contributed by atoms with Crippen LogP contribution in [0.15, 0.2) is 27.2 Å². The summed E-state index contributed by atoms with van der Waals surface area (Å²) in [6, 6.07) is 3.63. The fraction of sp³-hybridized carbons (Fsp3) is 0.562. The number of nitrogens with zero attached hydrogens (tertiary/aromatic N) is 3. The van der Waals surface area contributed by atoms with Crippen molar-refractivity contribution in [2.75, 3.05) is 13.1 Å². The molecule has 0 unspecified atom stereocenters. The molecule has 0 radical (unpaired) electrons. The standard InChI is InChI=1S/C16H19N3O4/c1-10-17-18-15(22-10)6-13-5-11-8-19(9-14(11)23-13)16(20)7-12-3-2-4-21-12/h2-4,11,13-14H,5-9H2,1H3/t11-,13+,14+/m0/s1. The highest BCUT2D eigenvalue weighted by Gasteiger charge is 2.43. The van der Waals surface area contributed by atoms with Gasteiger partial charge < -0.3 is 18.5 Å². The molecular weight excluding hydrogens is 298 g/mol. The van der Waals surface area contributed by atoms with Gasteiger partial charge in [0.15, 0.2) is 0 Å². The SMILES string of the molecule is Cc1nnc(C[C@H]2C[C@H]3CN(C(=O)Cc4ccco4)C[C@H]3O2)o1. The van der Waals surface area contributed by atoms with Crippen LogP contribution >= 0.6 is 0 Å². The lowest BCUT2D eigenvalue weighted by Gasteiger charge is -2.18. The first-order valence-corrected chi connectivity index (χ1v) is 7.92. The van der Waals surface area contributed by atoms with Gasteiger partial charge in [0.05, 0.1) is 31.3 Å². The summed E-state index contributed by atoms with van der Waals surface area (Å²) in [5.41, 5.74) is 0. The van der Waals surface area contributed by atoms with Gasteiger partial charge >= 0.3 is 0 Å². The van der Waals surface area contributed by atoms with Gasteiger partial charge in [-0.3, -0.25) is 4.79 Å². The molecule has 4 rings (SSSR count). The van der Waals surface area contributed by atoms with E-state index in [1.165, 1.54) is 0 Å². The molecule has 3 atom stereocenters. The molecule has 0 aliphatic carbocycles. The van der Waals surface area contributed by atoms with Crippen molar-refractivity contribution in [1.82, 2.24) is 15.1 Å². The number of fused-ring (bicyclic) bond motifs is 1. The number of carbonyl (C=O) groups excluding carboxylic acids is 1. The van der Waals surface area contributed by atoms with Crippen LogP contribution in [-0.4, -0.2) is 46.3 Å². The van der Waals surface area contributed by atoms with Gasteiger partial charge in [-0.05, 0) is 18.6 Å². The van der Waals surface area contributed by atoms with Crippen LogP contribution in [0.2, 0.25) is 0 Å². The fourth-order valence-corrected chi connectivity index (χ4v) is 3.49. The van der Waals surface area contributed by atoms with Crippen molar-refractivity contribution in [3.8, 4) is 0 Å². The number of hydrogen-bond donors (Lipinski definition) is 0. The van der Waals surface area contributed by atoms with Crippen molar-refractivity contribution in [1.29, 1.82) is 0 Å². The van der Waals surface area contributed by atoms with E-state index in [1.54, 1.807) is 19.3 Å². The molecule has 2 fully saturated rings. The smallest absolute Gasteiger partial charge is 0.230 e. The van der Waals surface area contributed by atoms with Crippen LogP contribution < -0.4 is 0 Å². The van der Waals surface area contributed by atoms with E-state index in [-0.39, 0.29) is 18.1 Å². The van der Waals surface area contributed by atoms with E-state index in [0.717, 1.165) is 13.0 Å². The minimum absolute atomic E-state index is 0.0991. The van der Waals surface area contributed by atoms with Crippen molar-refractivity contribution in [2.45, 2.75) is 38.4 Å². The van der Waals surface area contributed by atoms with Gasteiger partial charge in [-0.2, -0.15) is 0 Å². The van der Waals surface area contributed by atoms with E-state index in [9.17, 15) is 4.79 Å². The van der Waals surface area contributed by atoms with E-state index < -0.39 is 0 Å². The Bertz CT molecular complexity index is 667. The monoisotopic (exact) mass is 317 g/mol. The first-order valence-electron chi connectivity index (χ1n) is 7.92. The van der Waals surface area contributed by atoms with Crippen molar-refractivity contribution in [3.63, 3.8) is 0 Å². The zero-order valence-electron chi connectivity index (χ0n) is 13.0. The van der Waals surface area contributed by atoms with Crippen LogP contribution in [0.5, 0.6) is 0 Å². The highest BCUT2D eigenvalue weighted by molar-refractivity contribution is 5.78. The minimum atomic E-state index is 0.0991. The van der Waals surface area contributed by atoms with E-state index in [0.29, 0.717) is 42.8 Å². The van der Waals surface area contributed by atoms with Crippen LogP contribution in [0.3, 0.4) is 0 Å². The van der Waals surface area contributed by atoms with E-state index >= 15 is 0 Å². The molecule has 2 aliphatic heterocycles. The van der Waals surface area contributed by atoms with Crippen molar-refractivity contribution < 1.29 is 18.4 Å². The van der Waals surface area contributed by atoms with Crippen molar-refractivity contribution >= 4 is 5.91 Å².